The minimum atomic E-state index is 0.852. The van der Waals surface area contributed by atoms with Gasteiger partial charge in [-0.3, -0.25) is 0 Å². The van der Waals surface area contributed by atoms with Crippen LogP contribution in [0.5, 0.6) is 0 Å². The van der Waals surface area contributed by atoms with Crippen LogP contribution >= 0.6 is 0 Å². The summed E-state index contributed by atoms with van der Waals surface area (Å²) in [5, 5.41) is 5.65. The molecule has 3 aromatic rings. The standard InChI is InChI=1S/C16H14N2/c1-2-7-13-8-3-5-10-15(13)18-16-11-6-4-9-14(16)12-17-18/h2-6,8-12H,1,7H2. The maximum absolute atomic E-state index is 4.49. The second kappa shape index (κ2) is 4.49. The lowest BCUT2D eigenvalue weighted by atomic mass is 10.1. The third kappa shape index (κ3) is 1.72. The zero-order valence-corrected chi connectivity index (χ0v) is 10.1. The lowest BCUT2D eigenvalue weighted by molar-refractivity contribution is 0.896. The Morgan fingerprint density at radius 3 is 2.72 bits per heavy atom. The highest BCUT2D eigenvalue weighted by Crippen LogP contribution is 2.21. The van der Waals surface area contributed by atoms with E-state index in [4.69, 9.17) is 0 Å². The molecule has 0 unspecified atom stereocenters. The molecule has 2 nitrogen and oxygen atoms in total. The minimum absolute atomic E-state index is 0.852. The third-order valence-corrected chi connectivity index (χ3v) is 3.06. The Hall–Kier alpha value is -2.35. The Kier molecular flexibility index (Phi) is 2.69. The van der Waals surface area contributed by atoms with Gasteiger partial charge in [0.2, 0.25) is 0 Å². The summed E-state index contributed by atoms with van der Waals surface area (Å²) in [6.45, 7) is 3.81. The van der Waals surface area contributed by atoms with Crippen molar-refractivity contribution in [2.45, 2.75) is 6.42 Å². The monoisotopic (exact) mass is 234 g/mol. The molecule has 0 saturated heterocycles. The minimum Gasteiger partial charge on any atom is -0.233 e. The molecule has 0 aliphatic heterocycles. The summed E-state index contributed by atoms with van der Waals surface area (Å²) in [5.41, 5.74) is 3.49. The SMILES string of the molecule is C=CCc1ccccc1-n1ncc2ccccc21. The van der Waals surface area contributed by atoms with Crippen molar-refractivity contribution in [3.8, 4) is 5.69 Å². The molecule has 0 fully saturated rings. The molecule has 3 rings (SSSR count). The van der Waals surface area contributed by atoms with Crippen LogP contribution in [0.1, 0.15) is 5.56 Å². The van der Waals surface area contributed by atoms with Gasteiger partial charge in [-0.05, 0) is 24.1 Å². The van der Waals surface area contributed by atoms with Gasteiger partial charge in [0, 0.05) is 5.39 Å². The van der Waals surface area contributed by atoms with Gasteiger partial charge in [0.1, 0.15) is 0 Å². The summed E-state index contributed by atoms with van der Waals surface area (Å²) in [6, 6.07) is 16.5. The van der Waals surface area contributed by atoms with Gasteiger partial charge in [0.15, 0.2) is 0 Å². The van der Waals surface area contributed by atoms with Crippen LogP contribution in [0.2, 0.25) is 0 Å². The van der Waals surface area contributed by atoms with E-state index in [2.05, 4.69) is 35.9 Å². The number of aromatic nitrogens is 2. The fourth-order valence-corrected chi connectivity index (χ4v) is 2.21. The maximum Gasteiger partial charge on any atom is 0.0741 e. The summed E-state index contributed by atoms with van der Waals surface area (Å²) in [5.74, 6) is 0. The number of hydrogen-bond donors (Lipinski definition) is 0. The number of allylic oxidation sites excluding steroid dienone is 1. The summed E-state index contributed by atoms with van der Waals surface area (Å²) in [6.07, 6.45) is 4.68. The van der Waals surface area contributed by atoms with Crippen LogP contribution in [-0.4, -0.2) is 9.78 Å². The zero-order chi connectivity index (χ0) is 12.4. The Morgan fingerprint density at radius 1 is 1.06 bits per heavy atom. The van der Waals surface area contributed by atoms with E-state index >= 15 is 0 Å². The smallest absolute Gasteiger partial charge is 0.0741 e. The lowest BCUT2D eigenvalue weighted by Gasteiger charge is -2.08. The van der Waals surface area contributed by atoms with Crippen LogP contribution < -0.4 is 0 Å². The molecule has 0 aliphatic carbocycles. The molecule has 2 heteroatoms. The van der Waals surface area contributed by atoms with Gasteiger partial charge in [-0.1, -0.05) is 42.5 Å². The van der Waals surface area contributed by atoms with Gasteiger partial charge in [0.25, 0.3) is 0 Å². The summed E-state index contributed by atoms with van der Waals surface area (Å²) < 4.78 is 1.99. The zero-order valence-electron chi connectivity index (χ0n) is 10.1. The molecule has 0 bridgehead atoms. The number of hydrogen-bond acceptors (Lipinski definition) is 1. The topological polar surface area (TPSA) is 17.8 Å². The van der Waals surface area contributed by atoms with Gasteiger partial charge in [-0.2, -0.15) is 5.10 Å². The first-order chi connectivity index (χ1) is 8.90. The molecule has 0 amide bonds. The Bertz CT molecular complexity index is 695. The molecule has 1 heterocycles. The van der Waals surface area contributed by atoms with Crippen molar-refractivity contribution in [1.82, 2.24) is 9.78 Å². The molecule has 0 saturated carbocycles. The fourth-order valence-electron chi connectivity index (χ4n) is 2.21. The largest absolute Gasteiger partial charge is 0.233 e. The first kappa shape index (κ1) is 10.8. The first-order valence-corrected chi connectivity index (χ1v) is 6.02. The van der Waals surface area contributed by atoms with Crippen molar-refractivity contribution in [2.75, 3.05) is 0 Å². The van der Waals surface area contributed by atoms with E-state index in [0.29, 0.717) is 0 Å². The van der Waals surface area contributed by atoms with Crippen LogP contribution in [0, 0.1) is 0 Å². The van der Waals surface area contributed by atoms with Crippen LogP contribution in [0.3, 0.4) is 0 Å². The number of para-hydroxylation sites is 2. The fraction of sp³-hybridized carbons (Fsp3) is 0.0625. The normalized spacial score (nSPS) is 10.7. The second-order valence-electron chi connectivity index (χ2n) is 4.24. The van der Waals surface area contributed by atoms with Crippen molar-refractivity contribution in [1.29, 1.82) is 0 Å². The molecular formula is C16H14N2. The number of rotatable bonds is 3. The van der Waals surface area contributed by atoms with E-state index in [1.165, 1.54) is 5.56 Å². The quantitative estimate of drug-likeness (QED) is 0.631. The molecule has 0 N–H and O–H groups in total. The highest BCUT2D eigenvalue weighted by Gasteiger charge is 2.07. The maximum atomic E-state index is 4.49. The molecule has 0 aliphatic rings. The van der Waals surface area contributed by atoms with E-state index in [0.717, 1.165) is 23.0 Å². The summed E-state index contributed by atoms with van der Waals surface area (Å²) >= 11 is 0. The molecular weight excluding hydrogens is 220 g/mol. The van der Waals surface area contributed by atoms with Crippen LogP contribution in [0.4, 0.5) is 0 Å². The Balaban J connectivity index is 2.23. The third-order valence-electron chi connectivity index (χ3n) is 3.06. The van der Waals surface area contributed by atoms with Crippen molar-refractivity contribution in [3.63, 3.8) is 0 Å². The Morgan fingerprint density at radius 2 is 1.83 bits per heavy atom. The average Bonchev–Trinajstić information content (AvgIpc) is 2.84. The van der Waals surface area contributed by atoms with E-state index in [9.17, 15) is 0 Å². The van der Waals surface area contributed by atoms with Gasteiger partial charge in [-0.15, -0.1) is 6.58 Å². The van der Waals surface area contributed by atoms with E-state index < -0.39 is 0 Å². The highest BCUT2D eigenvalue weighted by atomic mass is 15.3. The number of benzene rings is 2. The van der Waals surface area contributed by atoms with Gasteiger partial charge < -0.3 is 0 Å². The Labute approximate surface area is 106 Å². The van der Waals surface area contributed by atoms with Crippen molar-refractivity contribution in [3.05, 3.63) is 72.9 Å². The van der Waals surface area contributed by atoms with Crippen LogP contribution in [0.15, 0.2) is 67.4 Å². The van der Waals surface area contributed by atoms with Crippen molar-refractivity contribution >= 4 is 10.9 Å². The van der Waals surface area contributed by atoms with Gasteiger partial charge >= 0.3 is 0 Å². The molecule has 0 radical (unpaired) electrons. The highest BCUT2D eigenvalue weighted by molar-refractivity contribution is 5.80. The molecule has 0 spiro atoms. The second-order valence-corrected chi connectivity index (χ2v) is 4.24. The lowest BCUT2D eigenvalue weighted by Crippen LogP contribution is -2.00. The predicted octanol–water partition coefficient (Wildman–Crippen LogP) is 3.75. The summed E-state index contributed by atoms with van der Waals surface area (Å²) in [7, 11) is 0. The first-order valence-electron chi connectivity index (χ1n) is 6.02. The van der Waals surface area contributed by atoms with Gasteiger partial charge in [0.05, 0.1) is 17.4 Å². The molecule has 1 aromatic heterocycles. The van der Waals surface area contributed by atoms with Gasteiger partial charge in [-0.25, -0.2) is 4.68 Å². The number of nitrogens with zero attached hydrogens (tertiary/aromatic N) is 2. The molecule has 0 atom stereocenters. The summed E-state index contributed by atoms with van der Waals surface area (Å²) in [4.78, 5) is 0. The number of fused-ring (bicyclic) bond motifs is 1. The predicted molar refractivity (Wildman–Crippen MR) is 75.0 cm³/mol. The van der Waals surface area contributed by atoms with Crippen LogP contribution in [-0.2, 0) is 6.42 Å². The van der Waals surface area contributed by atoms with Crippen molar-refractivity contribution < 1.29 is 0 Å². The van der Waals surface area contributed by atoms with Crippen LogP contribution in [0.25, 0.3) is 16.6 Å². The molecule has 18 heavy (non-hydrogen) atoms. The van der Waals surface area contributed by atoms with E-state index in [1.54, 1.807) is 0 Å². The van der Waals surface area contributed by atoms with E-state index in [1.807, 2.05) is 41.2 Å². The average molecular weight is 234 g/mol. The van der Waals surface area contributed by atoms with E-state index in [-0.39, 0.29) is 0 Å². The molecule has 88 valence electrons. The molecule has 2 aromatic carbocycles. The van der Waals surface area contributed by atoms with Crippen molar-refractivity contribution in [2.24, 2.45) is 0 Å².